The number of Topliss-reactive ketones (excluding diaryl/α,β-unsaturated/α-hetero) is 1. The van der Waals surface area contributed by atoms with Crippen molar-refractivity contribution in [3.8, 4) is 5.75 Å². The number of carbonyl (C=O) groups is 1. The topological polar surface area (TPSA) is 81.7 Å². The molecule has 27 heavy (non-hydrogen) atoms. The lowest BCUT2D eigenvalue weighted by molar-refractivity contribution is -0.128. The molecule has 7 heteroatoms. The van der Waals surface area contributed by atoms with Gasteiger partial charge in [-0.15, -0.1) is 0 Å². The van der Waals surface area contributed by atoms with Crippen LogP contribution >= 0.6 is 0 Å². The van der Waals surface area contributed by atoms with Crippen molar-refractivity contribution in [3.05, 3.63) is 29.8 Å². The van der Waals surface area contributed by atoms with Crippen molar-refractivity contribution in [2.45, 2.75) is 39.2 Å². The molecular weight excluding hydrogens is 366 g/mol. The van der Waals surface area contributed by atoms with E-state index in [0.717, 1.165) is 12.0 Å². The third-order valence-electron chi connectivity index (χ3n) is 6.83. The summed E-state index contributed by atoms with van der Waals surface area (Å²) in [5.74, 6) is 0.889. The van der Waals surface area contributed by atoms with Gasteiger partial charge in [0, 0.05) is 31.1 Å². The Morgan fingerprint density at radius 3 is 2.52 bits per heavy atom. The molecule has 6 nitrogen and oxygen atoms in total. The number of nitrogens with one attached hydrogen (secondary N) is 1. The molecule has 2 aliphatic carbocycles. The summed E-state index contributed by atoms with van der Waals surface area (Å²) < 4.78 is 39.2. The van der Waals surface area contributed by atoms with E-state index < -0.39 is 21.5 Å². The molecule has 150 valence electrons. The second kappa shape index (κ2) is 7.18. The number of fused-ring (bicyclic) bond motifs is 2. The van der Waals surface area contributed by atoms with Crippen LogP contribution < -0.4 is 9.46 Å². The second-order valence-corrected chi connectivity index (χ2v) is 10.0. The third kappa shape index (κ3) is 3.41. The summed E-state index contributed by atoms with van der Waals surface area (Å²) >= 11 is 0. The quantitative estimate of drug-likeness (QED) is 0.732. The first-order chi connectivity index (χ1) is 12.7. The molecule has 0 aliphatic heterocycles. The Labute approximate surface area is 161 Å². The Hall–Kier alpha value is -1.44. The molecule has 2 saturated carbocycles. The van der Waals surface area contributed by atoms with E-state index in [1.807, 2.05) is 38.1 Å². The van der Waals surface area contributed by atoms with E-state index in [9.17, 15) is 13.2 Å². The SMILES string of the molecule is COc1ccccc1[C@H](CNS(=O)(=O)C[C@@]12CC[C@@H](CC1=O)C2(C)C)OC. The number of para-hydroxylation sites is 1. The molecule has 0 saturated heterocycles. The predicted molar refractivity (Wildman–Crippen MR) is 103 cm³/mol. The van der Waals surface area contributed by atoms with Crippen LogP contribution in [-0.2, 0) is 19.6 Å². The van der Waals surface area contributed by atoms with Gasteiger partial charge in [-0.2, -0.15) is 0 Å². The van der Waals surface area contributed by atoms with E-state index in [4.69, 9.17) is 9.47 Å². The molecule has 1 aromatic rings. The molecule has 0 heterocycles. The molecule has 2 bridgehead atoms. The smallest absolute Gasteiger partial charge is 0.212 e. The molecule has 1 N–H and O–H groups in total. The molecular formula is C20H29NO5S. The van der Waals surface area contributed by atoms with Gasteiger partial charge in [-0.25, -0.2) is 13.1 Å². The summed E-state index contributed by atoms with van der Waals surface area (Å²) in [6, 6.07) is 7.37. The number of methoxy groups -OCH3 is 2. The lowest BCUT2D eigenvalue weighted by Gasteiger charge is -2.36. The van der Waals surface area contributed by atoms with Crippen LogP contribution in [0.1, 0.15) is 44.8 Å². The van der Waals surface area contributed by atoms with E-state index in [0.29, 0.717) is 24.5 Å². The van der Waals surface area contributed by atoms with Crippen LogP contribution in [0, 0.1) is 16.7 Å². The summed E-state index contributed by atoms with van der Waals surface area (Å²) in [6.45, 7) is 4.17. The molecule has 2 fully saturated rings. The van der Waals surface area contributed by atoms with Crippen LogP contribution in [0.25, 0.3) is 0 Å². The van der Waals surface area contributed by atoms with E-state index >= 15 is 0 Å². The first kappa shape index (κ1) is 20.3. The number of benzene rings is 1. The van der Waals surface area contributed by atoms with E-state index in [1.165, 1.54) is 7.11 Å². The number of rotatable bonds is 8. The molecule has 0 radical (unpaired) electrons. The number of carbonyl (C=O) groups excluding carboxylic acids is 1. The lowest BCUT2D eigenvalue weighted by Crippen LogP contribution is -2.46. The number of hydrogen-bond acceptors (Lipinski definition) is 5. The minimum atomic E-state index is -3.64. The van der Waals surface area contributed by atoms with Crippen LogP contribution in [-0.4, -0.2) is 40.7 Å². The van der Waals surface area contributed by atoms with Crippen LogP contribution in [0.2, 0.25) is 0 Å². The lowest BCUT2D eigenvalue weighted by atomic mass is 9.70. The van der Waals surface area contributed by atoms with Crippen molar-refractivity contribution in [1.82, 2.24) is 4.72 Å². The van der Waals surface area contributed by atoms with Gasteiger partial charge in [0.2, 0.25) is 10.0 Å². The Bertz CT molecular complexity index is 819. The summed E-state index contributed by atoms with van der Waals surface area (Å²) in [6.07, 6.45) is 1.61. The molecule has 0 unspecified atom stereocenters. The van der Waals surface area contributed by atoms with Gasteiger partial charge in [0.25, 0.3) is 0 Å². The van der Waals surface area contributed by atoms with E-state index in [-0.39, 0.29) is 23.5 Å². The van der Waals surface area contributed by atoms with Crippen LogP contribution in [0.5, 0.6) is 5.75 Å². The molecule has 2 aliphatic rings. The Morgan fingerprint density at radius 2 is 1.96 bits per heavy atom. The van der Waals surface area contributed by atoms with Gasteiger partial charge in [0.15, 0.2) is 0 Å². The van der Waals surface area contributed by atoms with Gasteiger partial charge in [-0.3, -0.25) is 4.79 Å². The summed E-state index contributed by atoms with van der Waals surface area (Å²) in [5, 5.41) is 0. The maximum Gasteiger partial charge on any atom is 0.212 e. The summed E-state index contributed by atoms with van der Waals surface area (Å²) in [4.78, 5) is 12.6. The zero-order valence-electron chi connectivity index (χ0n) is 16.4. The fraction of sp³-hybridized carbons (Fsp3) is 0.650. The van der Waals surface area contributed by atoms with Crippen molar-refractivity contribution in [2.75, 3.05) is 26.5 Å². The molecule has 0 amide bonds. The number of hydrogen-bond donors (Lipinski definition) is 1. The fourth-order valence-electron chi connectivity index (χ4n) is 4.94. The minimum Gasteiger partial charge on any atom is -0.496 e. The van der Waals surface area contributed by atoms with E-state index in [2.05, 4.69) is 4.72 Å². The second-order valence-electron chi connectivity index (χ2n) is 8.24. The Morgan fingerprint density at radius 1 is 1.26 bits per heavy atom. The van der Waals surface area contributed by atoms with Gasteiger partial charge < -0.3 is 9.47 Å². The highest BCUT2D eigenvalue weighted by molar-refractivity contribution is 7.89. The Kier molecular flexibility index (Phi) is 5.40. The largest absolute Gasteiger partial charge is 0.496 e. The highest BCUT2D eigenvalue weighted by Crippen LogP contribution is 2.64. The first-order valence-electron chi connectivity index (χ1n) is 9.33. The minimum absolute atomic E-state index is 0.0906. The van der Waals surface area contributed by atoms with Gasteiger partial charge in [-0.05, 0) is 30.2 Å². The highest BCUT2D eigenvalue weighted by atomic mass is 32.2. The average molecular weight is 396 g/mol. The van der Waals surface area contributed by atoms with Gasteiger partial charge in [0.05, 0.1) is 19.0 Å². The summed E-state index contributed by atoms with van der Waals surface area (Å²) in [7, 11) is -0.532. The van der Waals surface area contributed by atoms with Crippen molar-refractivity contribution in [2.24, 2.45) is 16.7 Å². The average Bonchev–Trinajstić information content (AvgIpc) is 2.96. The zero-order chi connectivity index (χ0) is 19.9. The molecule has 0 spiro atoms. The summed E-state index contributed by atoms with van der Waals surface area (Å²) in [5.41, 5.74) is -0.264. The normalized spacial score (nSPS) is 27.7. The molecule has 3 atom stereocenters. The number of ketones is 1. The monoisotopic (exact) mass is 395 g/mol. The molecule has 3 rings (SSSR count). The van der Waals surface area contributed by atoms with Gasteiger partial charge in [0.1, 0.15) is 11.5 Å². The van der Waals surface area contributed by atoms with Crippen molar-refractivity contribution in [1.29, 1.82) is 0 Å². The highest BCUT2D eigenvalue weighted by Gasteiger charge is 2.65. The van der Waals surface area contributed by atoms with Crippen LogP contribution in [0.15, 0.2) is 24.3 Å². The number of sulfonamides is 1. The van der Waals surface area contributed by atoms with Crippen LogP contribution in [0.4, 0.5) is 0 Å². The fourth-order valence-corrected chi connectivity index (χ4v) is 6.77. The molecule has 0 aromatic heterocycles. The van der Waals surface area contributed by atoms with Crippen molar-refractivity contribution >= 4 is 15.8 Å². The first-order valence-corrected chi connectivity index (χ1v) is 11.0. The number of ether oxygens (including phenoxy) is 2. The van der Waals surface area contributed by atoms with Crippen molar-refractivity contribution in [3.63, 3.8) is 0 Å². The van der Waals surface area contributed by atoms with Crippen molar-refractivity contribution < 1.29 is 22.7 Å². The maximum absolute atomic E-state index is 12.9. The molecule has 1 aromatic carbocycles. The standard InChI is InChI=1S/C20H29NO5S/c1-19(2)14-9-10-20(19,18(22)11-14)13-27(23,24)21-12-17(26-4)15-7-5-6-8-16(15)25-3/h5-8,14,17,21H,9-13H2,1-4H3/t14-,17-,20-/m0/s1. The Balaban J connectivity index is 1.74. The zero-order valence-corrected chi connectivity index (χ0v) is 17.3. The van der Waals surface area contributed by atoms with Gasteiger partial charge in [-0.1, -0.05) is 32.0 Å². The predicted octanol–water partition coefficient (Wildman–Crippen LogP) is 2.70. The van der Waals surface area contributed by atoms with Gasteiger partial charge >= 0.3 is 0 Å². The maximum atomic E-state index is 12.9. The van der Waals surface area contributed by atoms with Crippen LogP contribution in [0.3, 0.4) is 0 Å². The third-order valence-corrected chi connectivity index (χ3v) is 8.31. The van der Waals surface area contributed by atoms with E-state index in [1.54, 1.807) is 7.11 Å².